The van der Waals surface area contributed by atoms with Gasteiger partial charge in [-0.15, -0.1) is 0 Å². The van der Waals surface area contributed by atoms with Crippen molar-refractivity contribution in [1.82, 2.24) is 20.4 Å². The molecule has 1 aliphatic rings. The molecule has 158 valence electrons. The highest BCUT2D eigenvalue weighted by Crippen LogP contribution is 2.22. The molecule has 5 nitrogen and oxygen atoms in total. The Morgan fingerprint density at radius 3 is 2.29 bits per heavy atom. The number of benzene rings is 1. The summed E-state index contributed by atoms with van der Waals surface area (Å²) in [7, 11) is 0. The minimum atomic E-state index is 0.0220. The normalized spacial score (nSPS) is 18.1. The number of hydrogen-bond acceptors (Lipinski definition) is 3. The van der Waals surface area contributed by atoms with Crippen molar-refractivity contribution in [1.29, 1.82) is 0 Å². The number of likely N-dealkylation sites (N-methyl/N-ethyl adjacent to an activating group) is 1. The van der Waals surface area contributed by atoms with Crippen LogP contribution in [0.1, 0.15) is 40.2 Å². The number of hydrogen-bond donors (Lipinski definition) is 2. The number of piperazine rings is 1. The van der Waals surface area contributed by atoms with Gasteiger partial charge in [0, 0.05) is 51.2 Å². The quantitative estimate of drug-likeness (QED) is 0.505. The topological polar surface area (TPSA) is 42.9 Å². The maximum absolute atomic E-state index is 4.88. The summed E-state index contributed by atoms with van der Waals surface area (Å²) in [6, 6.07) is 10.7. The molecule has 28 heavy (non-hydrogen) atoms. The number of nitrogens with zero attached hydrogens (tertiary/aromatic N) is 3. The zero-order valence-electron chi connectivity index (χ0n) is 18.7. The second kappa shape index (κ2) is 11.4. The molecule has 0 bridgehead atoms. The Morgan fingerprint density at radius 1 is 1.04 bits per heavy atom. The van der Waals surface area contributed by atoms with Gasteiger partial charge in [0.2, 0.25) is 0 Å². The molecule has 0 aliphatic carbocycles. The Hall–Kier alpha value is -1.59. The van der Waals surface area contributed by atoms with Crippen LogP contribution in [0.3, 0.4) is 0 Å². The van der Waals surface area contributed by atoms with E-state index in [9.17, 15) is 0 Å². The predicted octanol–water partition coefficient (Wildman–Crippen LogP) is 2.79. The molecule has 1 aliphatic heterocycles. The molecule has 1 atom stereocenters. The molecule has 1 heterocycles. The first-order valence-corrected chi connectivity index (χ1v) is 11.0. The van der Waals surface area contributed by atoms with Crippen molar-refractivity contribution in [3.05, 3.63) is 35.9 Å². The van der Waals surface area contributed by atoms with Gasteiger partial charge in [-0.05, 0) is 24.9 Å². The average molecular weight is 388 g/mol. The van der Waals surface area contributed by atoms with Gasteiger partial charge in [0.1, 0.15) is 0 Å². The monoisotopic (exact) mass is 387 g/mol. The molecule has 0 amide bonds. The Morgan fingerprint density at radius 2 is 1.68 bits per heavy atom. The van der Waals surface area contributed by atoms with Crippen LogP contribution in [0.5, 0.6) is 0 Å². The lowest BCUT2D eigenvalue weighted by molar-refractivity contribution is 0.124. The zero-order valence-corrected chi connectivity index (χ0v) is 18.7. The van der Waals surface area contributed by atoms with E-state index >= 15 is 0 Å². The highest BCUT2D eigenvalue weighted by Gasteiger charge is 2.20. The summed E-state index contributed by atoms with van der Waals surface area (Å²) in [6.07, 6.45) is 0. The van der Waals surface area contributed by atoms with Gasteiger partial charge in [-0.25, -0.2) is 0 Å². The van der Waals surface area contributed by atoms with Crippen LogP contribution in [0, 0.1) is 5.92 Å². The summed E-state index contributed by atoms with van der Waals surface area (Å²) in [5.74, 6) is 1.52. The molecule has 0 radical (unpaired) electrons. The van der Waals surface area contributed by atoms with Crippen LogP contribution >= 0.6 is 0 Å². The van der Waals surface area contributed by atoms with Crippen LogP contribution in [0.25, 0.3) is 0 Å². The van der Waals surface area contributed by atoms with E-state index in [0.29, 0.717) is 5.92 Å². The molecular weight excluding hydrogens is 346 g/mol. The lowest BCUT2D eigenvalue weighted by Crippen LogP contribution is -2.48. The Kier molecular flexibility index (Phi) is 9.26. The highest BCUT2D eigenvalue weighted by atomic mass is 15.3. The van der Waals surface area contributed by atoms with Crippen LogP contribution in [0.15, 0.2) is 35.3 Å². The molecule has 1 fully saturated rings. The zero-order chi connectivity index (χ0) is 20.4. The number of aliphatic imine (C=N–C) groups is 1. The van der Waals surface area contributed by atoms with Crippen molar-refractivity contribution in [2.45, 2.75) is 40.0 Å². The molecule has 1 unspecified atom stereocenters. The molecule has 0 aromatic heterocycles. The lowest BCUT2D eigenvalue weighted by Gasteiger charge is -2.35. The van der Waals surface area contributed by atoms with Gasteiger partial charge in [-0.2, -0.15) is 0 Å². The van der Waals surface area contributed by atoms with E-state index in [1.807, 2.05) is 0 Å². The van der Waals surface area contributed by atoms with Gasteiger partial charge < -0.3 is 20.4 Å². The van der Waals surface area contributed by atoms with E-state index in [1.165, 1.54) is 38.3 Å². The van der Waals surface area contributed by atoms with Crippen molar-refractivity contribution in [2.75, 3.05) is 58.9 Å². The Labute approximate surface area is 172 Å². The number of rotatable bonds is 9. The summed E-state index contributed by atoms with van der Waals surface area (Å²) in [6.45, 7) is 20.9. The third-order valence-corrected chi connectivity index (χ3v) is 5.63. The molecular formula is C23H41N5. The molecule has 2 N–H and O–H groups in total. The smallest absolute Gasteiger partial charge is 0.191 e. The average Bonchev–Trinajstić information content (AvgIpc) is 2.71. The van der Waals surface area contributed by atoms with Crippen molar-refractivity contribution < 1.29 is 0 Å². The van der Waals surface area contributed by atoms with Gasteiger partial charge >= 0.3 is 0 Å². The van der Waals surface area contributed by atoms with Crippen LogP contribution in [-0.2, 0) is 5.41 Å². The van der Waals surface area contributed by atoms with E-state index in [2.05, 4.69) is 85.4 Å². The molecule has 1 aromatic rings. The first-order chi connectivity index (χ1) is 13.4. The van der Waals surface area contributed by atoms with E-state index in [4.69, 9.17) is 4.99 Å². The SMILES string of the molecule is CCNC(=NCC(C)(C)c1ccccc1)NCC(C)CN1CCN(CC)CC1. The first kappa shape index (κ1) is 22.7. The van der Waals surface area contributed by atoms with Crippen molar-refractivity contribution in [2.24, 2.45) is 10.9 Å². The molecule has 0 spiro atoms. The maximum atomic E-state index is 4.88. The number of guanidine groups is 1. The van der Waals surface area contributed by atoms with E-state index < -0.39 is 0 Å². The van der Waals surface area contributed by atoms with E-state index in [1.54, 1.807) is 0 Å². The fourth-order valence-corrected chi connectivity index (χ4v) is 3.66. The molecule has 1 aromatic carbocycles. The third-order valence-electron chi connectivity index (χ3n) is 5.63. The van der Waals surface area contributed by atoms with Gasteiger partial charge in [-0.3, -0.25) is 4.99 Å². The second-order valence-electron chi connectivity index (χ2n) is 8.67. The molecule has 2 rings (SSSR count). The lowest BCUT2D eigenvalue weighted by atomic mass is 9.85. The van der Waals surface area contributed by atoms with Crippen molar-refractivity contribution in [3.63, 3.8) is 0 Å². The van der Waals surface area contributed by atoms with Crippen LogP contribution in [-0.4, -0.2) is 74.7 Å². The highest BCUT2D eigenvalue weighted by molar-refractivity contribution is 5.79. The molecule has 5 heteroatoms. The Bertz CT molecular complexity index is 576. The summed E-state index contributed by atoms with van der Waals surface area (Å²) < 4.78 is 0. The Balaban J connectivity index is 1.82. The van der Waals surface area contributed by atoms with Gasteiger partial charge in [-0.1, -0.05) is 58.0 Å². The van der Waals surface area contributed by atoms with Crippen molar-refractivity contribution >= 4 is 5.96 Å². The molecule has 1 saturated heterocycles. The maximum Gasteiger partial charge on any atom is 0.191 e. The fraction of sp³-hybridized carbons (Fsp3) is 0.696. The van der Waals surface area contributed by atoms with Crippen molar-refractivity contribution in [3.8, 4) is 0 Å². The summed E-state index contributed by atoms with van der Waals surface area (Å²) in [5, 5.41) is 6.95. The minimum Gasteiger partial charge on any atom is -0.357 e. The fourth-order valence-electron chi connectivity index (χ4n) is 3.66. The second-order valence-corrected chi connectivity index (χ2v) is 8.67. The van der Waals surface area contributed by atoms with Gasteiger partial charge in [0.15, 0.2) is 5.96 Å². The van der Waals surface area contributed by atoms with Gasteiger partial charge in [0.25, 0.3) is 0 Å². The van der Waals surface area contributed by atoms with Crippen LogP contribution < -0.4 is 10.6 Å². The number of nitrogens with one attached hydrogen (secondary N) is 2. The summed E-state index contributed by atoms with van der Waals surface area (Å²) >= 11 is 0. The summed E-state index contributed by atoms with van der Waals surface area (Å²) in [5.41, 5.74) is 1.35. The molecule has 0 saturated carbocycles. The first-order valence-electron chi connectivity index (χ1n) is 11.0. The van der Waals surface area contributed by atoms with Crippen LogP contribution in [0.2, 0.25) is 0 Å². The van der Waals surface area contributed by atoms with E-state index in [0.717, 1.165) is 32.1 Å². The standard InChI is InChI=1S/C23H41N5/c1-6-24-22(26-19-23(4,5)21-11-9-8-10-12-21)25-17-20(3)18-28-15-13-27(7-2)14-16-28/h8-12,20H,6-7,13-19H2,1-5H3,(H2,24,25,26). The minimum absolute atomic E-state index is 0.0220. The predicted molar refractivity (Wildman–Crippen MR) is 121 cm³/mol. The van der Waals surface area contributed by atoms with Gasteiger partial charge in [0.05, 0.1) is 6.54 Å². The van der Waals surface area contributed by atoms with Crippen LogP contribution in [0.4, 0.5) is 0 Å². The summed E-state index contributed by atoms with van der Waals surface area (Å²) in [4.78, 5) is 10.0. The van der Waals surface area contributed by atoms with E-state index in [-0.39, 0.29) is 5.41 Å². The largest absolute Gasteiger partial charge is 0.357 e. The third kappa shape index (κ3) is 7.44.